The number of amides is 2. The van der Waals surface area contributed by atoms with E-state index in [0.717, 1.165) is 11.3 Å². The topological polar surface area (TPSA) is 95.1 Å². The van der Waals surface area contributed by atoms with Crippen LogP contribution in [0.3, 0.4) is 0 Å². The molecule has 0 aliphatic heterocycles. The standard InChI is InChI=1S/C11H17N5O/c1-8-4-3-6-15-9(8)5-7-16(10(12)13)11(17)14-2/h3-4,6H,5,7H2,1-2H3,(H3,12,13)(H,14,17). The molecule has 92 valence electrons. The van der Waals surface area contributed by atoms with E-state index >= 15 is 0 Å². The SMILES string of the molecule is CNC(=O)N(CCc1ncccc1C)C(=N)N. The lowest BCUT2D eigenvalue weighted by Crippen LogP contribution is -2.46. The number of nitrogens with two attached hydrogens (primary N) is 1. The van der Waals surface area contributed by atoms with E-state index in [1.165, 1.54) is 11.9 Å². The van der Waals surface area contributed by atoms with Crippen molar-refractivity contribution in [2.75, 3.05) is 13.6 Å². The Labute approximate surface area is 100 Å². The monoisotopic (exact) mass is 235 g/mol. The minimum Gasteiger partial charge on any atom is -0.370 e. The molecule has 0 bridgehead atoms. The van der Waals surface area contributed by atoms with Crippen LogP contribution in [0.5, 0.6) is 0 Å². The largest absolute Gasteiger partial charge is 0.370 e. The first-order valence-electron chi connectivity index (χ1n) is 5.30. The lowest BCUT2D eigenvalue weighted by Gasteiger charge is -2.19. The lowest BCUT2D eigenvalue weighted by molar-refractivity contribution is 0.222. The van der Waals surface area contributed by atoms with Crippen LogP contribution >= 0.6 is 0 Å². The number of aromatic nitrogens is 1. The molecule has 0 aliphatic carbocycles. The van der Waals surface area contributed by atoms with Gasteiger partial charge in [0.2, 0.25) is 0 Å². The second-order valence-corrected chi connectivity index (χ2v) is 3.61. The van der Waals surface area contributed by atoms with Crippen molar-refractivity contribution in [2.45, 2.75) is 13.3 Å². The predicted octanol–water partition coefficient (Wildman–Crippen LogP) is 0.467. The van der Waals surface area contributed by atoms with Crippen molar-refractivity contribution in [3.8, 4) is 0 Å². The minimum atomic E-state index is -0.383. The van der Waals surface area contributed by atoms with Gasteiger partial charge in [-0.05, 0) is 18.6 Å². The Morgan fingerprint density at radius 3 is 2.88 bits per heavy atom. The van der Waals surface area contributed by atoms with Crippen LogP contribution in [-0.2, 0) is 6.42 Å². The van der Waals surface area contributed by atoms with Gasteiger partial charge in [0.15, 0.2) is 5.96 Å². The predicted molar refractivity (Wildman–Crippen MR) is 65.8 cm³/mol. The van der Waals surface area contributed by atoms with Gasteiger partial charge in [0, 0.05) is 31.9 Å². The molecule has 1 aromatic heterocycles. The number of nitrogens with zero attached hydrogens (tertiary/aromatic N) is 2. The number of carbonyl (C=O) groups excluding carboxylic acids is 1. The molecule has 6 nitrogen and oxygen atoms in total. The molecule has 1 rings (SSSR count). The van der Waals surface area contributed by atoms with Crippen LogP contribution in [0.1, 0.15) is 11.3 Å². The third-order valence-electron chi connectivity index (χ3n) is 2.44. The van der Waals surface area contributed by atoms with Crippen LogP contribution < -0.4 is 11.1 Å². The molecule has 0 aromatic carbocycles. The average Bonchev–Trinajstić information content (AvgIpc) is 2.30. The van der Waals surface area contributed by atoms with E-state index in [4.69, 9.17) is 11.1 Å². The number of aryl methyl sites for hydroxylation is 1. The van der Waals surface area contributed by atoms with Gasteiger partial charge in [-0.15, -0.1) is 0 Å². The molecule has 17 heavy (non-hydrogen) atoms. The molecular formula is C11H17N5O. The van der Waals surface area contributed by atoms with Gasteiger partial charge in [-0.2, -0.15) is 0 Å². The second-order valence-electron chi connectivity index (χ2n) is 3.61. The number of pyridine rings is 1. The van der Waals surface area contributed by atoms with E-state index < -0.39 is 0 Å². The minimum absolute atomic E-state index is 0.266. The van der Waals surface area contributed by atoms with E-state index in [-0.39, 0.29) is 12.0 Å². The number of rotatable bonds is 3. The van der Waals surface area contributed by atoms with E-state index in [1.54, 1.807) is 6.20 Å². The van der Waals surface area contributed by atoms with Gasteiger partial charge in [-0.3, -0.25) is 15.3 Å². The molecule has 0 fully saturated rings. The molecule has 0 radical (unpaired) electrons. The summed E-state index contributed by atoms with van der Waals surface area (Å²) in [5.41, 5.74) is 7.31. The van der Waals surface area contributed by atoms with Crippen molar-refractivity contribution in [1.29, 1.82) is 5.41 Å². The Morgan fingerprint density at radius 1 is 1.65 bits per heavy atom. The van der Waals surface area contributed by atoms with Crippen LogP contribution in [0.2, 0.25) is 0 Å². The highest BCUT2D eigenvalue weighted by atomic mass is 16.2. The molecular weight excluding hydrogens is 218 g/mol. The Kier molecular flexibility index (Phi) is 4.45. The van der Waals surface area contributed by atoms with E-state index in [9.17, 15) is 4.79 Å². The van der Waals surface area contributed by atoms with E-state index in [0.29, 0.717) is 13.0 Å². The molecule has 0 saturated carbocycles. The summed E-state index contributed by atoms with van der Waals surface area (Å²) in [6, 6.07) is 3.44. The highest BCUT2D eigenvalue weighted by Crippen LogP contribution is 2.05. The number of urea groups is 1. The van der Waals surface area contributed by atoms with Gasteiger partial charge in [-0.1, -0.05) is 6.07 Å². The maximum Gasteiger partial charge on any atom is 0.323 e. The van der Waals surface area contributed by atoms with Gasteiger partial charge >= 0.3 is 6.03 Å². The smallest absolute Gasteiger partial charge is 0.323 e. The van der Waals surface area contributed by atoms with Crippen molar-refractivity contribution in [3.63, 3.8) is 0 Å². The fraction of sp³-hybridized carbons (Fsp3) is 0.364. The van der Waals surface area contributed by atoms with Gasteiger partial charge in [-0.25, -0.2) is 4.79 Å². The maximum absolute atomic E-state index is 11.4. The maximum atomic E-state index is 11.4. The molecule has 4 N–H and O–H groups in total. The Morgan fingerprint density at radius 2 is 2.35 bits per heavy atom. The molecule has 2 amide bonds. The molecule has 6 heteroatoms. The van der Waals surface area contributed by atoms with E-state index in [1.807, 2.05) is 19.1 Å². The molecule has 1 heterocycles. The first-order chi connectivity index (χ1) is 8.06. The average molecular weight is 235 g/mol. The number of nitrogens with one attached hydrogen (secondary N) is 2. The van der Waals surface area contributed by atoms with Crippen molar-refractivity contribution >= 4 is 12.0 Å². The van der Waals surface area contributed by atoms with Crippen LogP contribution in [0.4, 0.5) is 4.79 Å². The molecule has 0 atom stereocenters. The molecule has 0 spiro atoms. The molecule has 0 saturated heterocycles. The van der Waals surface area contributed by atoms with E-state index in [2.05, 4.69) is 10.3 Å². The first-order valence-corrected chi connectivity index (χ1v) is 5.30. The van der Waals surface area contributed by atoms with Crippen LogP contribution in [0.15, 0.2) is 18.3 Å². The fourth-order valence-corrected chi connectivity index (χ4v) is 1.46. The number of hydrogen-bond donors (Lipinski definition) is 3. The number of hydrogen-bond acceptors (Lipinski definition) is 3. The summed E-state index contributed by atoms with van der Waals surface area (Å²) in [5, 5.41) is 9.77. The normalized spacial score (nSPS) is 9.76. The quantitative estimate of drug-likeness (QED) is 0.525. The summed E-state index contributed by atoms with van der Waals surface area (Å²) in [7, 11) is 1.50. The summed E-state index contributed by atoms with van der Waals surface area (Å²) in [4.78, 5) is 16.8. The summed E-state index contributed by atoms with van der Waals surface area (Å²) < 4.78 is 0. The van der Waals surface area contributed by atoms with Crippen molar-refractivity contribution < 1.29 is 4.79 Å². The Bertz CT molecular complexity index is 418. The zero-order valence-corrected chi connectivity index (χ0v) is 10.0. The Hall–Kier alpha value is -2.11. The van der Waals surface area contributed by atoms with Crippen molar-refractivity contribution in [2.24, 2.45) is 5.73 Å². The summed E-state index contributed by atoms with van der Waals surface area (Å²) in [6.45, 7) is 2.30. The third kappa shape index (κ3) is 3.44. The summed E-state index contributed by atoms with van der Waals surface area (Å²) in [6.07, 6.45) is 2.28. The first kappa shape index (κ1) is 13.0. The molecule has 1 aromatic rings. The highest BCUT2D eigenvalue weighted by Gasteiger charge is 2.14. The van der Waals surface area contributed by atoms with Gasteiger partial charge in [0.05, 0.1) is 0 Å². The Balaban J connectivity index is 2.68. The molecule has 0 aliphatic rings. The van der Waals surface area contributed by atoms with Crippen molar-refractivity contribution in [3.05, 3.63) is 29.6 Å². The lowest BCUT2D eigenvalue weighted by atomic mass is 10.1. The fourth-order valence-electron chi connectivity index (χ4n) is 1.46. The van der Waals surface area contributed by atoms with Crippen molar-refractivity contribution in [1.82, 2.24) is 15.2 Å². The number of guanidine groups is 1. The van der Waals surface area contributed by atoms with Crippen LogP contribution in [0.25, 0.3) is 0 Å². The van der Waals surface area contributed by atoms with Gasteiger partial charge in [0.25, 0.3) is 0 Å². The van der Waals surface area contributed by atoms with Gasteiger partial charge < -0.3 is 11.1 Å². The second kappa shape index (κ2) is 5.83. The van der Waals surface area contributed by atoms with Crippen LogP contribution in [0, 0.1) is 12.3 Å². The van der Waals surface area contributed by atoms with Gasteiger partial charge in [0.1, 0.15) is 0 Å². The highest BCUT2D eigenvalue weighted by molar-refractivity contribution is 5.93. The molecule has 0 unspecified atom stereocenters. The summed E-state index contributed by atoms with van der Waals surface area (Å²) >= 11 is 0. The number of carbonyl (C=O) groups is 1. The summed E-state index contributed by atoms with van der Waals surface area (Å²) in [5.74, 6) is -0.266. The zero-order chi connectivity index (χ0) is 12.8. The van der Waals surface area contributed by atoms with Crippen LogP contribution in [-0.4, -0.2) is 35.5 Å². The zero-order valence-electron chi connectivity index (χ0n) is 10.0. The third-order valence-corrected chi connectivity index (χ3v) is 2.44.